The number of hydrogen-bond donors (Lipinski definition) is 1. The summed E-state index contributed by atoms with van der Waals surface area (Å²) in [6, 6.07) is 7.95. The number of carbonyl (C=O) groups excluding carboxylic acids is 2. The number of unbranched alkanes of at least 4 members (excludes halogenated alkanes) is 1. The molecule has 7 heteroatoms. The predicted octanol–water partition coefficient (Wildman–Crippen LogP) is 3.50. The standard InChI is InChI=1S/C20H25NO6/c1-4-5-10-26-17-9-8-15(12-18(17)24-3)20(23)27-13-19(22)21-14(2)16-7-6-11-25-16/h6-9,11-12,14H,4-5,10,13H2,1-3H3,(H,21,22)/t14-/m0/s1. The van der Waals surface area contributed by atoms with Crippen LogP contribution >= 0.6 is 0 Å². The van der Waals surface area contributed by atoms with Crippen LogP contribution in [0.15, 0.2) is 41.0 Å². The molecular formula is C20H25NO6. The third-order valence-corrected chi connectivity index (χ3v) is 3.84. The molecule has 2 aromatic rings. The van der Waals surface area contributed by atoms with E-state index in [1.165, 1.54) is 19.4 Å². The van der Waals surface area contributed by atoms with Crippen molar-refractivity contribution in [3.05, 3.63) is 47.9 Å². The van der Waals surface area contributed by atoms with E-state index in [9.17, 15) is 9.59 Å². The molecule has 146 valence electrons. The third-order valence-electron chi connectivity index (χ3n) is 3.84. The van der Waals surface area contributed by atoms with Crippen molar-refractivity contribution >= 4 is 11.9 Å². The van der Waals surface area contributed by atoms with Crippen LogP contribution in [0.25, 0.3) is 0 Å². The molecular weight excluding hydrogens is 350 g/mol. The molecule has 0 saturated heterocycles. The van der Waals surface area contributed by atoms with Gasteiger partial charge in [-0.05, 0) is 43.7 Å². The summed E-state index contributed by atoms with van der Waals surface area (Å²) in [5.41, 5.74) is 0.279. The van der Waals surface area contributed by atoms with Crippen molar-refractivity contribution in [2.45, 2.75) is 32.7 Å². The highest BCUT2D eigenvalue weighted by Gasteiger charge is 2.16. The molecule has 1 amide bonds. The Balaban J connectivity index is 1.88. The van der Waals surface area contributed by atoms with E-state index in [-0.39, 0.29) is 18.2 Å². The van der Waals surface area contributed by atoms with E-state index in [0.717, 1.165) is 12.8 Å². The van der Waals surface area contributed by atoms with Gasteiger partial charge in [0.15, 0.2) is 18.1 Å². The second-order valence-corrected chi connectivity index (χ2v) is 5.95. The maximum absolute atomic E-state index is 12.2. The number of nitrogens with one attached hydrogen (secondary N) is 1. The number of hydrogen-bond acceptors (Lipinski definition) is 6. The molecule has 0 saturated carbocycles. The van der Waals surface area contributed by atoms with Crippen LogP contribution in [0.4, 0.5) is 0 Å². The average Bonchev–Trinajstić information content (AvgIpc) is 3.21. The van der Waals surface area contributed by atoms with E-state index >= 15 is 0 Å². The number of amides is 1. The molecule has 1 aromatic carbocycles. The highest BCUT2D eigenvalue weighted by molar-refractivity contribution is 5.92. The fourth-order valence-electron chi connectivity index (χ4n) is 2.35. The van der Waals surface area contributed by atoms with Crippen molar-refractivity contribution in [3.8, 4) is 11.5 Å². The van der Waals surface area contributed by atoms with Crippen molar-refractivity contribution in [2.75, 3.05) is 20.3 Å². The lowest BCUT2D eigenvalue weighted by Gasteiger charge is -2.13. The maximum atomic E-state index is 12.2. The van der Waals surface area contributed by atoms with Crippen LogP contribution in [0, 0.1) is 0 Å². The van der Waals surface area contributed by atoms with Crippen molar-refractivity contribution in [2.24, 2.45) is 0 Å². The number of esters is 1. The minimum absolute atomic E-state index is 0.279. The van der Waals surface area contributed by atoms with Gasteiger partial charge in [-0.25, -0.2) is 4.79 Å². The Bertz CT molecular complexity index is 741. The highest BCUT2D eigenvalue weighted by Crippen LogP contribution is 2.28. The SMILES string of the molecule is CCCCOc1ccc(C(=O)OCC(=O)N[C@@H](C)c2ccco2)cc1OC. The molecule has 0 aliphatic heterocycles. The first-order chi connectivity index (χ1) is 13.0. The number of benzene rings is 1. The Morgan fingerprint density at radius 2 is 2.04 bits per heavy atom. The first-order valence-corrected chi connectivity index (χ1v) is 8.85. The largest absolute Gasteiger partial charge is 0.493 e. The van der Waals surface area contributed by atoms with Crippen molar-refractivity contribution in [3.63, 3.8) is 0 Å². The van der Waals surface area contributed by atoms with Gasteiger partial charge < -0.3 is 23.9 Å². The van der Waals surface area contributed by atoms with Gasteiger partial charge in [-0.3, -0.25) is 4.79 Å². The zero-order valence-electron chi connectivity index (χ0n) is 15.8. The maximum Gasteiger partial charge on any atom is 0.338 e. The summed E-state index contributed by atoms with van der Waals surface area (Å²) in [5, 5.41) is 2.69. The Labute approximate surface area is 158 Å². The lowest BCUT2D eigenvalue weighted by molar-refractivity contribution is -0.125. The topological polar surface area (TPSA) is 87.0 Å². The molecule has 1 aromatic heterocycles. The lowest BCUT2D eigenvalue weighted by Crippen LogP contribution is -2.31. The molecule has 0 spiro atoms. The summed E-state index contributed by atoms with van der Waals surface area (Å²) < 4.78 is 21.2. The van der Waals surface area contributed by atoms with Gasteiger partial charge in [-0.2, -0.15) is 0 Å². The van der Waals surface area contributed by atoms with Crippen LogP contribution in [0.3, 0.4) is 0 Å². The summed E-state index contributed by atoms with van der Waals surface area (Å²) in [4.78, 5) is 24.1. The molecule has 0 aliphatic carbocycles. The van der Waals surface area contributed by atoms with Crippen LogP contribution in [0.2, 0.25) is 0 Å². The van der Waals surface area contributed by atoms with Gasteiger partial charge in [-0.1, -0.05) is 13.3 Å². The zero-order valence-corrected chi connectivity index (χ0v) is 15.8. The predicted molar refractivity (Wildman–Crippen MR) is 98.9 cm³/mol. The molecule has 1 N–H and O–H groups in total. The fourth-order valence-corrected chi connectivity index (χ4v) is 2.35. The molecule has 27 heavy (non-hydrogen) atoms. The van der Waals surface area contributed by atoms with E-state index in [2.05, 4.69) is 12.2 Å². The molecule has 2 rings (SSSR count). The minimum atomic E-state index is -0.616. The van der Waals surface area contributed by atoms with E-state index in [1.807, 2.05) is 0 Å². The van der Waals surface area contributed by atoms with E-state index in [1.54, 1.807) is 31.2 Å². The number of furan rings is 1. The van der Waals surface area contributed by atoms with Gasteiger partial charge in [-0.15, -0.1) is 0 Å². The number of ether oxygens (including phenoxy) is 3. The summed E-state index contributed by atoms with van der Waals surface area (Å²) in [6.45, 7) is 4.04. The van der Waals surface area contributed by atoms with Crippen LogP contribution in [0.1, 0.15) is 48.8 Å². The number of rotatable bonds is 10. The van der Waals surface area contributed by atoms with Gasteiger partial charge in [0.1, 0.15) is 5.76 Å². The summed E-state index contributed by atoms with van der Waals surface area (Å²) in [6.07, 6.45) is 3.48. The van der Waals surface area contributed by atoms with E-state index in [4.69, 9.17) is 18.6 Å². The normalized spacial score (nSPS) is 11.5. The third kappa shape index (κ3) is 6.06. The van der Waals surface area contributed by atoms with Crippen LogP contribution in [-0.4, -0.2) is 32.2 Å². The molecule has 7 nitrogen and oxygen atoms in total. The molecule has 0 unspecified atom stereocenters. The Morgan fingerprint density at radius 3 is 2.70 bits per heavy atom. The number of carbonyl (C=O) groups is 2. The second kappa shape index (κ2) is 10.3. The molecule has 1 atom stereocenters. The Morgan fingerprint density at radius 1 is 1.22 bits per heavy atom. The summed E-state index contributed by atoms with van der Waals surface area (Å²) >= 11 is 0. The van der Waals surface area contributed by atoms with Crippen molar-refractivity contribution in [1.82, 2.24) is 5.32 Å². The van der Waals surface area contributed by atoms with Crippen LogP contribution in [0.5, 0.6) is 11.5 Å². The second-order valence-electron chi connectivity index (χ2n) is 5.95. The summed E-state index contributed by atoms with van der Waals surface area (Å²) in [5.74, 6) is 0.593. The van der Waals surface area contributed by atoms with E-state index < -0.39 is 11.9 Å². The molecule has 0 bridgehead atoms. The van der Waals surface area contributed by atoms with Crippen molar-refractivity contribution < 1.29 is 28.2 Å². The quantitative estimate of drug-likeness (QED) is 0.505. The average molecular weight is 375 g/mol. The highest BCUT2D eigenvalue weighted by atomic mass is 16.5. The smallest absolute Gasteiger partial charge is 0.338 e. The Hall–Kier alpha value is -2.96. The summed E-state index contributed by atoms with van der Waals surface area (Å²) in [7, 11) is 1.50. The Kier molecular flexibility index (Phi) is 7.73. The van der Waals surface area contributed by atoms with Gasteiger partial charge in [0.2, 0.25) is 0 Å². The number of methoxy groups -OCH3 is 1. The molecule has 0 radical (unpaired) electrons. The monoisotopic (exact) mass is 375 g/mol. The van der Waals surface area contributed by atoms with Crippen LogP contribution < -0.4 is 14.8 Å². The van der Waals surface area contributed by atoms with Crippen molar-refractivity contribution in [1.29, 1.82) is 0 Å². The molecule has 0 fully saturated rings. The van der Waals surface area contributed by atoms with Gasteiger partial charge in [0, 0.05) is 0 Å². The molecule has 0 aliphatic rings. The lowest BCUT2D eigenvalue weighted by atomic mass is 10.2. The fraction of sp³-hybridized carbons (Fsp3) is 0.400. The molecule has 1 heterocycles. The van der Waals surface area contributed by atoms with Gasteiger partial charge >= 0.3 is 5.97 Å². The van der Waals surface area contributed by atoms with Crippen LogP contribution in [-0.2, 0) is 9.53 Å². The van der Waals surface area contributed by atoms with Gasteiger partial charge in [0.25, 0.3) is 5.91 Å². The van der Waals surface area contributed by atoms with E-state index in [0.29, 0.717) is 23.9 Å². The van der Waals surface area contributed by atoms with Gasteiger partial charge in [0.05, 0.1) is 31.6 Å². The first-order valence-electron chi connectivity index (χ1n) is 8.85. The zero-order chi connectivity index (χ0) is 19.6. The minimum Gasteiger partial charge on any atom is -0.493 e. The first kappa shape index (κ1) is 20.4.